The summed E-state index contributed by atoms with van der Waals surface area (Å²) in [7, 11) is 0. The Morgan fingerprint density at radius 1 is 1.17 bits per heavy atom. The lowest BCUT2D eigenvalue weighted by atomic mass is 9.88. The molecule has 1 saturated carbocycles. The summed E-state index contributed by atoms with van der Waals surface area (Å²) < 4.78 is 13.7. The summed E-state index contributed by atoms with van der Waals surface area (Å²) in [5.41, 5.74) is 1.32. The van der Waals surface area contributed by atoms with E-state index < -0.39 is 4.92 Å². The van der Waals surface area contributed by atoms with Gasteiger partial charge in [-0.1, -0.05) is 53.4 Å². The largest absolute Gasteiger partial charge is 0.490 e. The summed E-state index contributed by atoms with van der Waals surface area (Å²) in [6.45, 7) is 1.93. The van der Waals surface area contributed by atoms with Crippen molar-refractivity contribution < 1.29 is 14.4 Å². The third kappa shape index (κ3) is 6.19. The number of nitro benzene ring substituents is 1. The number of ether oxygens (including phenoxy) is 2. The second kappa shape index (κ2) is 13.0. The second-order valence-corrected chi connectivity index (χ2v) is 10.9. The number of rotatable bonds is 9. The molecule has 4 aromatic rings. The molecular weight excluding hydrogens is 602 g/mol. The maximum Gasteiger partial charge on any atom is 0.315 e. The number of hydrogen-bond acceptors (Lipinski definition) is 8. The molecule has 0 aliphatic heterocycles. The zero-order valence-corrected chi connectivity index (χ0v) is 24.5. The van der Waals surface area contributed by atoms with Gasteiger partial charge in [-0.15, -0.1) is 0 Å². The summed E-state index contributed by atoms with van der Waals surface area (Å²) >= 11 is 3.43. The fourth-order valence-electron chi connectivity index (χ4n) is 5.16. The first kappa shape index (κ1) is 29.0. The Bertz CT molecular complexity index is 1770. The van der Waals surface area contributed by atoms with E-state index in [9.17, 15) is 20.2 Å². The zero-order chi connectivity index (χ0) is 29.6. The van der Waals surface area contributed by atoms with Crippen LogP contribution in [0.1, 0.15) is 67.5 Å². The third-order valence-electron chi connectivity index (χ3n) is 7.19. The monoisotopic (exact) mass is 629 g/mol. The van der Waals surface area contributed by atoms with Crippen LogP contribution in [0.25, 0.3) is 10.9 Å². The van der Waals surface area contributed by atoms with Crippen LogP contribution >= 0.6 is 15.9 Å². The second-order valence-electron chi connectivity index (χ2n) is 9.94. The molecule has 214 valence electrons. The molecule has 1 aliphatic carbocycles. The van der Waals surface area contributed by atoms with Crippen LogP contribution in [0.2, 0.25) is 0 Å². The average molecular weight is 630 g/mol. The minimum atomic E-state index is -0.555. The van der Waals surface area contributed by atoms with Crippen molar-refractivity contribution in [3.63, 3.8) is 0 Å². The average Bonchev–Trinajstić information content (AvgIpc) is 3.00. The minimum Gasteiger partial charge on any atom is -0.490 e. The standard InChI is InChI=1S/C31H28BrN5O5/c1-2-41-28-15-20(14-27(37(39)40)29(28)42-19-23-11-7-6-10-22(23)17-33)18-34-36-30(21-8-4-3-5-9-21)35-26-13-12-24(32)16-25(26)31(36)38/h6-7,10-16,18,21H,2-5,8-9,19H2,1H3. The maximum atomic E-state index is 13.6. The minimum absolute atomic E-state index is 0.0518. The summed E-state index contributed by atoms with van der Waals surface area (Å²) in [6.07, 6.45) is 6.46. The lowest BCUT2D eigenvalue weighted by molar-refractivity contribution is -0.386. The first-order valence-corrected chi connectivity index (χ1v) is 14.5. The Morgan fingerprint density at radius 3 is 2.69 bits per heavy atom. The van der Waals surface area contributed by atoms with Gasteiger partial charge in [0.15, 0.2) is 5.75 Å². The van der Waals surface area contributed by atoms with Crippen LogP contribution in [0.5, 0.6) is 11.5 Å². The number of nitrogens with zero attached hydrogens (tertiary/aromatic N) is 5. The molecule has 10 nitrogen and oxygen atoms in total. The van der Waals surface area contributed by atoms with E-state index in [4.69, 9.17) is 14.5 Å². The molecule has 0 radical (unpaired) electrons. The van der Waals surface area contributed by atoms with Crippen molar-refractivity contribution in [3.05, 3.63) is 102 Å². The molecule has 3 aromatic carbocycles. The quantitative estimate of drug-likeness (QED) is 0.112. The van der Waals surface area contributed by atoms with Crippen molar-refractivity contribution in [2.75, 3.05) is 6.61 Å². The predicted octanol–water partition coefficient (Wildman–Crippen LogP) is 6.85. The highest BCUT2D eigenvalue weighted by Crippen LogP contribution is 2.39. The highest BCUT2D eigenvalue weighted by Gasteiger charge is 2.25. The molecule has 1 fully saturated rings. The van der Waals surface area contributed by atoms with Gasteiger partial charge in [0, 0.05) is 27.6 Å². The summed E-state index contributed by atoms with van der Waals surface area (Å²) in [4.78, 5) is 30.1. The van der Waals surface area contributed by atoms with Crippen LogP contribution in [0.4, 0.5) is 5.69 Å². The van der Waals surface area contributed by atoms with Crippen molar-refractivity contribution in [2.24, 2.45) is 5.10 Å². The predicted molar refractivity (Wildman–Crippen MR) is 162 cm³/mol. The van der Waals surface area contributed by atoms with E-state index in [0.29, 0.717) is 33.4 Å². The van der Waals surface area contributed by atoms with Crippen LogP contribution in [0, 0.1) is 21.4 Å². The molecule has 11 heteroatoms. The van der Waals surface area contributed by atoms with Crippen LogP contribution in [0.15, 0.2) is 69.0 Å². The van der Waals surface area contributed by atoms with Gasteiger partial charge in [-0.2, -0.15) is 15.0 Å². The van der Waals surface area contributed by atoms with Gasteiger partial charge in [0.2, 0.25) is 5.75 Å². The number of hydrogen-bond donors (Lipinski definition) is 0. The molecule has 42 heavy (non-hydrogen) atoms. The molecule has 5 rings (SSSR count). The van der Waals surface area contributed by atoms with Crippen molar-refractivity contribution in [1.29, 1.82) is 5.26 Å². The lowest BCUT2D eigenvalue weighted by Crippen LogP contribution is -2.25. The molecule has 0 bridgehead atoms. The fraction of sp³-hybridized carbons (Fsp3) is 0.290. The molecule has 0 saturated heterocycles. The first-order valence-electron chi connectivity index (χ1n) is 13.7. The van der Waals surface area contributed by atoms with Crippen LogP contribution < -0.4 is 15.0 Å². The van der Waals surface area contributed by atoms with Gasteiger partial charge < -0.3 is 9.47 Å². The van der Waals surface area contributed by atoms with Crippen LogP contribution in [-0.2, 0) is 6.61 Å². The molecular formula is C31H28BrN5O5. The SMILES string of the molecule is CCOc1cc(C=Nn2c(C3CCCCC3)nc3ccc(Br)cc3c2=O)cc([N+](=O)[O-])c1OCc1ccccc1C#N. The number of aromatic nitrogens is 2. The molecule has 1 aromatic heterocycles. The molecule has 1 aliphatic rings. The molecule has 1 heterocycles. The Morgan fingerprint density at radius 2 is 1.95 bits per heavy atom. The summed E-state index contributed by atoms with van der Waals surface area (Å²) in [5, 5.41) is 26.5. The Balaban J connectivity index is 1.57. The molecule has 0 atom stereocenters. The molecule has 0 spiro atoms. The van der Waals surface area contributed by atoms with Gasteiger partial charge in [0.25, 0.3) is 5.56 Å². The number of halogens is 1. The van der Waals surface area contributed by atoms with Crippen molar-refractivity contribution >= 4 is 38.7 Å². The van der Waals surface area contributed by atoms with Gasteiger partial charge in [-0.05, 0) is 50.1 Å². The number of nitro groups is 1. The topological polar surface area (TPSA) is 133 Å². The third-order valence-corrected chi connectivity index (χ3v) is 7.68. The smallest absolute Gasteiger partial charge is 0.315 e. The Labute approximate surface area is 250 Å². The van der Waals surface area contributed by atoms with Crippen LogP contribution in [0.3, 0.4) is 0 Å². The fourth-order valence-corrected chi connectivity index (χ4v) is 5.52. The first-order chi connectivity index (χ1) is 20.4. The maximum absolute atomic E-state index is 13.6. The summed E-state index contributed by atoms with van der Waals surface area (Å²) in [6, 6.07) is 17.3. The Hall–Kier alpha value is -4.56. The van der Waals surface area contributed by atoms with Crippen molar-refractivity contribution in [2.45, 2.75) is 51.6 Å². The highest BCUT2D eigenvalue weighted by molar-refractivity contribution is 9.10. The van der Waals surface area contributed by atoms with Gasteiger partial charge in [0.05, 0.1) is 40.3 Å². The number of nitriles is 1. The summed E-state index contributed by atoms with van der Waals surface area (Å²) in [5.74, 6) is 0.769. The van der Waals surface area contributed by atoms with E-state index in [1.165, 1.54) is 17.0 Å². The number of benzene rings is 3. The lowest BCUT2D eigenvalue weighted by Gasteiger charge is -2.22. The van der Waals surface area contributed by atoms with E-state index in [-0.39, 0.29) is 41.9 Å². The highest BCUT2D eigenvalue weighted by atomic mass is 79.9. The molecule has 0 amide bonds. The van der Waals surface area contributed by atoms with Gasteiger partial charge in [-0.25, -0.2) is 4.98 Å². The van der Waals surface area contributed by atoms with Gasteiger partial charge in [0.1, 0.15) is 12.4 Å². The van der Waals surface area contributed by atoms with Crippen molar-refractivity contribution in [3.8, 4) is 17.6 Å². The molecule has 0 N–H and O–H groups in total. The van der Waals surface area contributed by atoms with Crippen molar-refractivity contribution in [1.82, 2.24) is 9.66 Å². The van der Waals surface area contributed by atoms with Gasteiger partial charge in [-0.3, -0.25) is 14.9 Å². The van der Waals surface area contributed by atoms with Crippen LogP contribution in [-0.4, -0.2) is 27.4 Å². The van der Waals surface area contributed by atoms with E-state index >= 15 is 0 Å². The van der Waals surface area contributed by atoms with E-state index in [1.54, 1.807) is 43.3 Å². The zero-order valence-electron chi connectivity index (χ0n) is 23.0. The molecule has 0 unspecified atom stereocenters. The number of fused-ring (bicyclic) bond motifs is 1. The normalized spacial score (nSPS) is 13.7. The Kier molecular flexibility index (Phi) is 8.93. The van der Waals surface area contributed by atoms with E-state index in [1.807, 2.05) is 12.1 Å². The van der Waals surface area contributed by atoms with E-state index in [2.05, 4.69) is 27.1 Å². The van der Waals surface area contributed by atoms with Gasteiger partial charge >= 0.3 is 5.69 Å². The van der Waals surface area contributed by atoms with E-state index in [0.717, 1.165) is 36.6 Å².